The summed E-state index contributed by atoms with van der Waals surface area (Å²) in [6.45, 7) is 6.50. The maximum absolute atomic E-state index is 12.6. The van der Waals surface area contributed by atoms with Crippen LogP contribution in [0.5, 0.6) is 0 Å². The van der Waals surface area contributed by atoms with E-state index in [1.165, 1.54) is 12.8 Å². The first-order valence-corrected chi connectivity index (χ1v) is 7.99. The van der Waals surface area contributed by atoms with Gasteiger partial charge in [0.1, 0.15) is 5.54 Å². The molecule has 2 saturated carbocycles. The maximum atomic E-state index is 12.6. The summed E-state index contributed by atoms with van der Waals surface area (Å²) in [5.41, 5.74) is -0.478. The molecule has 1 aliphatic heterocycles. The Hall–Kier alpha value is -0.650. The predicted molar refractivity (Wildman–Crippen MR) is 75.5 cm³/mol. The lowest BCUT2D eigenvalue weighted by molar-refractivity contribution is -0.154. The smallest absolute Gasteiger partial charge is 0.327 e. The van der Waals surface area contributed by atoms with Gasteiger partial charge in [-0.1, -0.05) is 0 Å². The first-order chi connectivity index (χ1) is 9.74. The molecule has 1 atom stereocenters. The molecule has 114 valence electrons. The summed E-state index contributed by atoms with van der Waals surface area (Å²) in [6, 6.07) is 0.515. The number of nitrogens with zero attached hydrogens (tertiary/aromatic N) is 1. The molecule has 2 aliphatic carbocycles. The van der Waals surface area contributed by atoms with E-state index >= 15 is 0 Å². The lowest BCUT2D eigenvalue weighted by Crippen LogP contribution is -2.63. The molecule has 5 heteroatoms. The zero-order chi connectivity index (χ0) is 14.0. The van der Waals surface area contributed by atoms with E-state index in [9.17, 15) is 4.79 Å². The minimum atomic E-state index is -0.478. The fourth-order valence-corrected chi connectivity index (χ4v) is 3.12. The van der Waals surface area contributed by atoms with Gasteiger partial charge in [0.05, 0.1) is 19.8 Å². The van der Waals surface area contributed by atoms with Crippen molar-refractivity contribution >= 4 is 5.97 Å². The van der Waals surface area contributed by atoms with Crippen molar-refractivity contribution in [2.75, 3.05) is 39.5 Å². The van der Waals surface area contributed by atoms with Crippen LogP contribution in [0.15, 0.2) is 0 Å². The van der Waals surface area contributed by atoms with Gasteiger partial charge < -0.3 is 9.47 Å². The van der Waals surface area contributed by atoms with E-state index in [0.717, 1.165) is 45.7 Å². The van der Waals surface area contributed by atoms with Crippen molar-refractivity contribution in [3.63, 3.8) is 0 Å². The van der Waals surface area contributed by atoms with Crippen molar-refractivity contribution in [3.8, 4) is 0 Å². The highest BCUT2D eigenvalue weighted by molar-refractivity contribution is 5.82. The van der Waals surface area contributed by atoms with Crippen molar-refractivity contribution < 1.29 is 14.3 Å². The molecule has 1 saturated heterocycles. The zero-order valence-electron chi connectivity index (χ0n) is 12.4. The van der Waals surface area contributed by atoms with Crippen LogP contribution in [0.4, 0.5) is 0 Å². The maximum Gasteiger partial charge on any atom is 0.327 e. The molecule has 0 bridgehead atoms. The van der Waals surface area contributed by atoms with Crippen LogP contribution in [-0.2, 0) is 14.3 Å². The molecule has 5 nitrogen and oxygen atoms in total. The Morgan fingerprint density at radius 2 is 2.00 bits per heavy atom. The lowest BCUT2D eigenvalue weighted by Gasteiger charge is -2.39. The summed E-state index contributed by atoms with van der Waals surface area (Å²) in [5, 5.41) is 3.64. The van der Waals surface area contributed by atoms with Crippen LogP contribution in [-0.4, -0.2) is 61.9 Å². The van der Waals surface area contributed by atoms with Gasteiger partial charge in [-0.2, -0.15) is 0 Å². The molecule has 20 heavy (non-hydrogen) atoms. The van der Waals surface area contributed by atoms with E-state index in [1.54, 1.807) is 0 Å². The molecule has 0 aromatic rings. The van der Waals surface area contributed by atoms with Crippen LogP contribution in [0, 0.1) is 5.92 Å². The number of ether oxygens (including phenoxy) is 2. The van der Waals surface area contributed by atoms with Gasteiger partial charge in [-0.05, 0) is 38.5 Å². The summed E-state index contributed by atoms with van der Waals surface area (Å²) in [5.74, 6) is 0.408. The van der Waals surface area contributed by atoms with Gasteiger partial charge in [0.25, 0.3) is 0 Å². The third-order valence-electron chi connectivity index (χ3n) is 4.53. The fourth-order valence-electron chi connectivity index (χ4n) is 3.12. The van der Waals surface area contributed by atoms with Gasteiger partial charge in [0, 0.05) is 25.7 Å². The highest BCUT2D eigenvalue weighted by Gasteiger charge is 2.54. The molecular weight excluding hydrogens is 256 g/mol. The Morgan fingerprint density at radius 1 is 1.30 bits per heavy atom. The summed E-state index contributed by atoms with van der Waals surface area (Å²) in [7, 11) is 0. The van der Waals surface area contributed by atoms with E-state index < -0.39 is 5.54 Å². The summed E-state index contributed by atoms with van der Waals surface area (Å²) < 4.78 is 10.8. The van der Waals surface area contributed by atoms with Crippen LogP contribution in [0.3, 0.4) is 0 Å². The van der Waals surface area contributed by atoms with Gasteiger partial charge in [-0.15, -0.1) is 0 Å². The molecule has 0 aromatic heterocycles. The number of nitrogens with one attached hydrogen (secondary N) is 1. The van der Waals surface area contributed by atoms with Crippen LogP contribution < -0.4 is 5.32 Å². The Kier molecular flexibility index (Phi) is 4.29. The average Bonchev–Trinajstić information content (AvgIpc) is 3.32. The minimum absolute atomic E-state index is 0.0408. The van der Waals surface area contributed by atoms with Crippen LogP contribution >= 0.6 is 0 Å². The van der Waals surface area contributed by atoms with Crippen LogP contribution in [0.25, 0.3) is 0 Å². The normalized spacial score (nSPS) is 27.1. The first kappa shape index (κ1) is 14.3. The van der Waals surface area contributed by atoms with E-state index in [4.69, 9.17) is 9.47 Å². The highest BCUT2D eigenvalue weighted by Crippen LogP contribution is 2.43. The topological polar surface area (TPSA) is 50.8 Å². The van der Waals surface area contributed by atoms with Crippen molar-refractivity contribution in [3.05, 3.63) is 0 Å². The van der Waals surface area contributed by atoms with Gasteiger partial charge in [-0.25, -0.2) is 4.79 Å². The molecule has 1 unspecified atom stereocenters. The molecule has 0 spiro atoms. The second kappa shape index (κ2) is 6.00. The summed E-state index contributed by atoms with van der Waals surface area (Å²) in [6.07, 6.45) is 4.67. The van der Waals surface area contributed by atoms with Gasteiger partial charge in [0.15, 0.2) is 0 Å². The van der Waals surface area contributed by atoms with Gasteiger partial charge in [0.2, 0.25) is 0 Å². The van der Waals surface area contributed by atoms with E-state index in [2.05, 4.69) is 10.2 Å². The van der Waals surface area contributed by atoms with E-state index in [1.807, 2.05) is 6.92 Å². The van der Waals surface area contributed by atoms with Crippen LogP contribution in [0.1, 0.15) is 32.6 Å². The standard InChI is InChI=1S/C15H26N2O3/c1-2-20-14(18)15(12-3-4-12,16-13-5-6-13)11-17-7-9-19-10-8-17/h12-13,16H,2-11H2,1H3. The Morgan fingerprint density at radius 3 is 2.55 bits per heavy atom. The van der Waals surface area contributed by atoms with Crippen LogP contribution in [0.2, 0.25) is 0 Å². The van der Waals surface area contributed by atoms with Crippen molar-refractivity contribution in [2.45, 2.75) is 44.2 Å². The molecule has 0 amide bonds. The molecule has 3 aliphatic rings. The average molecular weight is 282 g/mol. The molecule has 1 N–H and O–H groups in total. The second-order valence-electron chi connectivity index (χ2n) is 6.27. The highest BCUT2D eigenvalue weighted by atomic mass is 16.5. The summed E-state index contributed by atoms with van der Waals surface area (Å²) in [4.78, 5) is 15.0. The van der Waals surface area contributed by atoms with Crippen molar-refractivity contribution in [1.29, 1.82) is 0 Å². The number of hydrogen-bond donors (Lipinski definition) is 1. The first-order valence-electron chi connectivity index (χ1n) is 7.99. The summed E-state index contributed by atoms with van der Waals surface area (Å²) >= 11 is 0. The zero-order valence-corrected chi connectivity index (χ0v) is 12.4. The molecule has 0 aromatic carbocycles. The van der Waals surface area contributed by atoms with E-state index in [-0.39, 0.29) is 5.97 Å². The Labute approximate surface area is 121 Å². The number of morpholine rings is 1. The third-order valence-corrected chi connectivity index (χ3v) is 4.53. The number of hydrogen-bond acceptors (Lipinski definition) is 5. The van der Waals surface area contributed by atoms with Gasteiger partial charge >= 0.3 is 5.97 Å². The van der Waals surface area contributed by atoms with Gasteiger partial charge in [-0.3, -0.25) is 10.2 Å². The quantitative estimate of drug-likeness (QED) is 0.699. The predicted octanol–water partition coefficient (Wildman–Crippen LogP) is 0.783. The number of carbonyl (C=O) groups is 1. The molecule has 3 fully saturated rings. The third kappa shape index (κ3) is 3.15. The second-order valence-corrected chi connectivity index (χ2v) is 6.27. The molecule has 1 heterocycles. The molecule has 0 radical (unpaired) electrons. The Balaban J connectivity index is 1.73. The molecular formula is C15H26N2O3. The van der Waals surface area contributed by atoms with Crippen molar-refractivity contribution in [2.24, 2.45) is 5.92 Å². The largest absolute Gasteiger partial charge is 0.465 e. The lowest BCUT2D eigenvalue weighted by atomic mass is 9.91. The number of rotatable bonds is 7. The number of esters is 1. The van der Waals surface area contributed by atoms with E-state index in [0.29, 0.717) is 18.6 Å². The van der Waals surface area contributed by atoms with Crippen molar-refractivity contribution in [1.82, 2.24) is 10.2 Å². The Bertz CT molecular complexity index is 349. The fraction of sp³-hybridized carbons (Fsp3) is 0.933. The molecule has 3 rings (SSSR count). The number of carbonyl (C=O) groups excluding carboxylic acids is 1. The minimum Gasteiger partial charge on any atom is -0.465 e. The monoisotopic (exact) mass is 282 g/mol. The SMILES string of the molecule is CCOC(=O)C(CN1CCOCC1)(NC1CC1)C1CC1.